The minimum Gasteiger partial charge on any atom is -0.422 e. The summed E-state index contributed by atoms with van der Waals surface area (Å²) in [4.78, 5) is 36.3. The number of nitrogens with zero attached hydrogens (tertiary/aromatic N) is 1. The summed E-state index contributed by atoms with van der Waals surface area (Å²) >= 11 is 3.34. The Kier molecular flexibility index (Phi) is 7.29. The number of ether oxygens (including phenoxy) is 1. The average Bonchev–Trinajstić information content (AvgIpc) is 2.76. The zero-order valence-electron chi connectivity index (χ0n) is 16.5. The van der Waals surface area contributed by atoms with Gasteiger partial charge in [-0.3, -0.25) is 9.59 Å². The number of aryl methyl sites for hydroxylation is 1. The van der Waals surface area contributed by atoms with Gasteiger partial charge in [0, 0.05) is 15.7 Å². The number of hydrogen-bond donors (Lipinski definition) is 2. The summed E-state index contributed by atoms with van der Waals surface area (Å²) in [7, 11) is 0. The monoisotopic (exact) mass is 479 g/mol. The summed E-state index contributed by atoms with van der Waals surface area (Å²) in [6, 6.07) is 20.5. The van der Waals surface area contributed by atoms with Gasteiger partial charge in [0.15, 0.2) is 0 Å². The second kappa shape index (κ2) is 10.3. The molecule has 0 saturated heterocycles. The number of hydrazone groups is 1. The maximum atomic E-state index is 12.4. The molecule has 0 saturated carbocycles. The molecule has 156 valence electrons. The molecule has 0 unspecified atom stereocenters. The van der Waals surface area contributed by atoms with E-state index in [1.807, 2.05) is 19.1 Å². The number of benzene rings is 3. The fourth-order valence-electron chi connectivity index (χ4n) is 2.48. The molecule has 3 rings (SSSR count). The molecule has 0 aliphatic carbocycles. The van der Waals surface area contributed by atoms with E-state index < -0.39 is 17.8 Å². The molecular weight excluding hydrogens is 462 g/mol. The van der Waals surface area contributed by atoms with Gasteiger partial charge in [0.25, 0.3) is 0 Å². The summed E-state index contributed by atoms with van der Waals surface area (Å²) in [5.41, 5.74) is 4.50. The topological polar surface area (TPSA) is 96.9 Å². The molecule has 3 aromatic rings. The molecule has 0 radical (unpaired) electrons. The Morgan fingerprint density at radius 2 is 1.65 bits per heavy atom. The highest BCUT2D eigenvalue weighted by Crippen LogP contribution is 2.23. The van der Waals surface area contributed by atoms with Crippen LogP contribution < -0.4 is 15.5 Å². The van der Waals surface area contributed by atoms with E-state index in [1.165, 1.54) is 6.21 Å². The van der Waals surface area contributed by atoms with E-state index >= 15 is 0 Å². The van der Waals surface area contributed by atoms with Crippen LogP contribution in [0.1, 0.15) is 21.5 Å². The lowest BCUT2D eigenvalue weighted by Gasteiger charge is -2.08. The van der Waals surface area contributed by atoms with Gasteiger partial charge in [-0.2, -0.15) is 5.10 Å². The van der Waals surface area contributed by atoms with Gasteiger partial charge in [-0.15, -0.1) is 0 Å². The molecule has 0 fully saturated rings. The minimum atomic E-state index is -0.937. The van der Waals surface area contributed by atoms with Crippen LogP contribution in [0.5, 0.6) is 5.75 Å². The van der Waals surface area contributed by atoms with Crippen LogP contribution in [0.4, 0.5) is 5.69 Å². The molecule has 2 N–H and O–H groups in total. The second-order valence-electron chi connectivity index (χ2n) is 6.46. The molecule has 0 spiro atoms. The van der Waals surface area contributed by atoms with Crippen LogP contribution in [0, 0.1) is 6.92 Å². The quantitative estimate of drug-likeness (QED) is 0.189. The van der Waals surface area contributed by atoms with Crippen molar-refractivity contribution in [3.63, 3.8) is 0 Å². The number of carbonyl (C=O) groups excluding carboxylic acids is 3. The maximum absolute atomic E-state index is 12.4. The molecule has 0 aliphatic rings. The first-order chi connectivity index (χ1) is 14.9. The lowest BCUT2D eigenvalue weighted by atomic mass is 10.1. The Morgan fingerprint density at radius 3 is 2.35 bits per heavy atom. The Bertz CT molecular complexity index is 1130. The zero-order valence-corrected chi connectivity index (χ0v) is 18.0. The highest BCUT2D eigenvalue weighted by Gasteiger charge is 2.14. The molecule has 0 heterocycles. The van der Waals surface area contributed by atoms with Crippen molar-refractivity contribution in [3.05, 3.63) is 94.0 Å². The molecule has 2 amide bonds. The third kappa shape index (κ3) is 6.35. The summed E-state index contributed by atoms with van der Waals surface area (Å²) in [6.07, 6.45) is 1.29. The molecular formula is C23H18BrN3O4. The van der Waals surface area contributed by atoms with Crippen LogP contribution in [0.2, 0.25) is 0 Å². The second-order valence-corrected chi connectivity index (χ2v) is 7.37. The zero-order chi connectivity index (χ0) is 22.2. The highest BCUT2D eigenvalue weighted by molar-refractivity contribution is 9.10. The van der Waals surface area contributed by atoms with Crippen molar-refractivity contribution in [2.24, 2.45) is 5.10 Å². The van der Waals surface area contributed by atoms with E-state index in [0.717, 1.165) is 10.0 Å². The van der Waals surface area contributed by atoms with Gasteiger partial charge in [-0.25, -0.2) is 10.2 Å². The number of nitrogens with one attached hydrogen (secondary N) is 2. The minimum absolute atomic E-state index is 0.250. The normalized spacial score (nSPS) is 10.5. The van der Waals surface area contributed by atoms with E-state index in [9.17, 15) is 14.4 Å². The van der Waals surface area contributed by atoms with E-state index in [-0.39, 0.29) is 5.75 Å². The Morgan fingerprint density at radius 1 is 0.935 bits per heavy atom. The molecule has 0 bridgehead atoms. The number of amides is 2. The number of anilines is 1. The molecule has 7 nitrogen and oxygen atoms in total. The fraction of sp³-hybridized carbons (Fsp3) is 0.0435. The van der Waals surface area contributed by atoms with Gasteiger partial charge in [0.1, 0.15) is 5.75 Å². The molecule has 8 heteroatoms. The van der Waals surface area contributed by atoms with Crippen LogP contribution in [0.25, 0.3) is 0 Å². The molecule has 31 heavy (non-hydrogen) atoms. The van der Waals surface area contributed by atoms with Crippen LogP contribution >= 0.6 is 15.9 Å². The summed E-state index contributed by atoms with van der Waals surface area (Å²) in [5, 5.41) is 6.26. The molecule has 0 aromatic heterocycles. The van der Waals surface area contributed by atoms with Gasteiger partial charge >= 0.3 is 17.8 Å². The number of rotatable bonds is 5. The van der Waals surface area contributed by atoms with Crippen LogP contribution in [0.15, 0.2) is 82.4 Å². The highest BCUT2D eigenvalue weighted by atomic mass is 79.9. The predicted molar refractivity (Wildman–Crippen MR) is 121 cm³/mol. The number of esters is 1. The first-order valence-corrected chi connectivity index (χ1v) is 9.99. The van der Waals surface area contributed by atoms with Gasteiger partial charge in [0.05, 0.1) is 11.8 Å². The first-order valence-electron chi connectivity index (χ1n) is 9.20. The van der Waals surface area contributed by atoms with Crippen molar-refractivity contribution in [2.45, 2.75) is 6.92 Å². The van der Waals surface area contributed by atoms with Crippen molar-refractivity contribution < 1.29 is 19.1 Å². The van der Waals surface area contributed by atoms with E-state index in [0.29, 0.717) is 16.8 Å². The number of carbonyl (C=O) groups is 3. The Labute approximate surface area is 187 Å². The van der Waals surface area contributed by atoms with E-state index in [1.54, 1.807) is 60.7 Å². The maximum Gasteiger partial charge on any atom is 0.343 e. The van der Waals surface area contributed by atoms with Gasteiger partial charge < -0.3 is 10.1 Å². The van der Waals surface area contributed by atoms with Gasteiger partial charge in [-0.1, -0.05) is 51.8 Å². The van der Waals surface area contributed by atoms with Crippen molar-refractivity contribution in [1.82, 2.24) is 5.43 Å². The summed E-state index contributed by atoms with van der Waals surface area (Å²) in [5.74, 6) is -2.07. The van der Waals surface area contributed by atoms with Crippen LogP contribution in [-0.2, 0) is 9.59 Å². The number of para-hydroxylation sites is 1. The summed E-state index contributed by atoms with van der Waals surface area (Å²) in [6.45, 7) is 1.92. The predicted octanol–water partition coefficient (Wildman–Crippen LogP) is 4.07. The standard InChI is InChI=1S/C23H18BrN3O4/c1-15-7-9-16(10-8-15)23(30)31-20-12-11-18(24)13-17(20)14-25-27-22(29)21(28)26-19-5-3-2-4-6-19/h2-14H,1H3,(H,26,28)(H,27,29)/b25-14+. The molecule has 0 aliphatic heterocycles. The molecule has 3 aromatic carbocycles. The molecule has 0 atom stereocenters. The number of hydrogen-bond acceptors (Lipinski definition) is 5. The first kappa shape index (κ1) is 21.9. The van der Waals surface area contributed by atoms with Crippen molar-refractivity contribution in [2.75, 3.05) is 5.32 Å². The SMILES string of the molecule is Cc1ccc(C(=O)Oc2ccc(Br)cc2/C=N/NC(=O)C(=O)Nc2ccccc2)cc1. The van der Waals surface area contributed by atoms with Crippen molar-refractivity contribution in [1.29, 1.82) is 0 Å². The van der Waals surface area contributed by atoms with Crippen molar-refractivity contribution in [3.8, 4) is 5.75 Å². The van der Waals surface area contributed by atoms with Crippen LogP contribution in [0.3, 0.4) is 0 Å². The van der Waals surface area contributed by atoms with E-state index in [2.05, 4.69) is 31.8 Å². The lowest BCUT2D eigenvalue weighted by Crippen LogP contribution is -2.32. The lowest BCUT2D eigenvalue weighted by molar-refractivity contribution is -0.136. The number of halogens is 1. The van der Waals surface area contributed by atoms with Gasteiger partial charge in [0.2, 0.25) is 0 Å². The largest absolute Gasteiger partial charge is 0.422 e. The van der Waals surface area contributed by atoms with Crippen molar-refractivity contribution >= 4 is 45.6 Å². The Hall–Kier alpha value is -3.78. The summed E-state index contributed by atoms with van der Waals surface area (Å²) < 4.78 is 6.19. The Balaban J connectivity index is 1.66. The smallest absolute Gasteiger partial charge is 0.343 e. The van der Waals surface area contributed by atoms with E-state index in [4.69, 9.17) is 4.74 Å². The third-order valence-corrected chi connectivity index (χ3v) is 4.56. The van der Waals surface area contributed by atoms with Crippen LogP contribution in [-0.4, -0.2) is 24.0 Å². The fourth-order valence-corrected chi connectivity index (χ4v) is 2.86. The average molecular weight is 480 g/mol. The van der Waals surface area contributed by atoms with Gasteiger partial charge in [-0.05, 0) is 49.4 Å². The third-order valence-electron chi connectivity index (χ3n) is 4.07.